The van der Waals surface area contributed by atoms with Crippen LogP contribution in [-0.2, 0) is 0 Å². The second-order valence-electron chi connectivity index (χ2n) is 7.33. The molecule has 3 aromatic rings. The van der Waals surface area contributed by atoms with Crippen molar-refractivity contribution in [1.29, 1.82) is 0 Å². The lowest BCUT2D eigenvalue weighted by Gasteiger charge is -2.29. The summed E-state index contributed by atoms with van der Waals surface area (Å²) in [4.78, 5) is 27.7. The quantitative estimate of drug-likeness (QED) is 0.688. The molecule has 0 atom stereocenters. The van der Waals surface area contributed by atoms with Crippen LogP contribution in [0.1, 0.15) is 36.0 Å². The molecule has 1 amide bonds. The summed E-state index contributed by atoms with van der Waals surface area (Å²) in [7, 11) is 3.93. The first-order valence-electron chi connectivity index (χ1n) is 9.49. The van der Waals surface area contributed by atoms with Crippen molar-refractivity contribution in [2.24, 2.45) is 0 Å². The Labute approximate surface area is 168 Å². The highest BCUT2D eigenvalue weighted by atomic mass is 32.1. The molecule has 146 valence electrons. The number of amides is 1. The van der Waals surface area contributed by atoms with Crippen LogP contribution in [0.5, 0.6) is 0 Å². The molecule has 2 aromatic heterocycles. The van der Waals surface area contributed by atoms with Crippen LogP contribution in [-0.4, -0.2) is 47.0 Å². The molecular formula is C20H24N6OS. The standard InChI is InChI=1S/C20H24N6OS/c1-26(2)18-9-10-21-20(25-18)24-15-6-4-14(5-7-15)23-19(27)13-3-8-16-17(11-13)28-12-22-16/h3,8-12,14-15H,4-7H2,1-2H3,(H,23,27)(H,21,24,25)/t14-,15+. The number of hydrogen-bond donors (Lipinski definition) is 2. The Bertz CT molecular complexity index is 964. The fraction of sp³-hybridized carbons (Fsp3) is 0.400. The average Bonchev–Trinajstić information content (AvgIpc) is 3.17. The van der Waals surface area contributed by atoms with Gasteiger partial charge in [0.05, 0.1) is 15.7 Å². The van der Waals surface area contributed by atoms with E-state index in [4.69, 9.17) is 0 Å². The van der Waals surface area contributed by atoms with Crippen LogP contribution < -0.4 is 15.5 Å². The number of carbonyl (C=O) groups is 1. The van der Waals surface area contributed by atoms with E-state index in [1.807, 2.05) is 43.3 Å². The van der Waals surface area contributed by atoms with Gasteiger partial charge in [0.2, 0.25) is 5.95 Å². The second kappa shape index (κ2) is 8.10. The zero-order valence-corrected chi connectivity index (χ0v) is 16.9. The summed E-state index contributed by atoms with van der Waals surface area (Å²) in [6, 6.07) is 8.10. The van der Waals surface area contributed by atoms with Crippen molar-refractivity contribution < 1.29 is 4.79 Å². The van der Waals surface area contributed by atoms with Gasteiger partial charge in [-0.1, -0.05) is 0 Å². The van der Waals surface area contributed by atoms with Crippen molar-refractivity contribution >= 4 is 39.2 Å². The van der Waals surface area contributed by atoms with Crippen LogP contribution in [0.15, 0.2) is 36.0 Å². The van der Waals surface area contributed by atoms with E-state index in [0.29, 0.717) is 17.6 Å². The molecule has 4 rings (SSSR count). The highest BCUT2D eigenvalue weighted by Crippen LogP contribution is 2.23. The molecule has 1 aromatic carbocycles. The number of rotatable bonds is 5. The molecule has 28 heavy (non-hydrogen) atoms. The molecule has 1 aliphatic rings. The van der Waals surface area contributed by atoms with Crippen LogP contribution in [0.4, 0.5) is 11.8 Å². The predicted octanol–water partition coefficient (Wildman–Crippen LogP) is 3.31. The van der Waals surface area contributed by atoms with Gasteiger partial charge < -0.3 is 15.5 Å². The summed E-state index contributed by atoms with van der Waals surface area (Å²) in [6.45, 7) is 0. The number of aromatic nitrogens is 3. The largest absolute Gasteiger partial charge is 0.363 e. The van der Waals surface area contributed by atoms with Crippen molar-refractivity contribution in [2.45, 2.75) is 37.8 Å². The minimum Gasteiger partial charge on any atom is -0.363 e. The Morgan fingerprint density at radius 1 is 1.11 bits per heavy atom. The van der Waals surface area contributed by atoms with Gasteiger partial charge in [-0.3, -0.25) is 4.79 Å². The molecular weight excluding hydrogens is 372 g/mol. The van der Waals surface area contributed by atoms with Gasteiger partial charge >= 0.3 is 0 Å². The topological polar surface area (TPSA) is 83.0 Å². The van der Waals surface area contributed by atoms with Gasteiger partial charge in [0.15, 0.2) is 0 Å². The fourth-order valence-corrected chi connectivity index (χ4v) is 4.21. The highest BCUT2D eigenvalue weighted by Gasteiger charge is 2.23. The molecule has 1 fully saturated rings. The Kier molecular flexibility index (Phi) is 5.38. The van der Waals surface area contributed by atoms with Gasteiger partial charge in [-0.2, -0.15) is 4.98 Å². The first kappa shape index (κ1) is 18.6. The third kappa shape index (κ3) is 4.22. The first-order chi connectivity index (χ1) is 13.6. The van der Waals surface area contributed by atoms with Crippen molar-refractivity contribution in [3.63, 3.8) is 0 Å². The molecule has 7 nitrogen and oxygen atoms in total. The minimum absolute atomic E-state index is 0.00581. The van der Waals surface area contributed by atoms with Gasteiger partial charge in [0.25, 0.3) is 5.91 Å². The SMILES string of the molecule is CN(C)c1ccnc(N[C@H]2CC[C@@H](NC(=O)c3ccc4ncsc4c3)CC2)n1. The van der Waals surface area contributed by atoms with Gasteiger partial charge in [-0.05, 0) is 49.9 Å². The van der Waals surface area contributed by atoms with Crippen LogP contribution >= 0.6 is 11.3 Å². The van der Waals surface area contributed by atoms with Crippen LogP contribution in [0.2, 0.25) is 0 Å². The van der Waals surface area contributed by atoms with Gasteiger partial charge in [0, 0.05) is 37.9 Å². The maximum absolute atomic E-state index is 12.6. The Morgan fingerprint density at radius 3 is 2.68 bits per heavy atom. The molecule has 2 heterocycles. The maximum atomic E-state index is 12.6. The predicted molar refractivity (Wildman–Crippen MR) is 113 cm³/mol. The molecule has 0 unspecified atom stereocenters. The molecule has 0 aliphatic heterocycles. The summed E-state index contributed by atoms with van der Waals surface area (Å²) < 4.78 is 1.04. The second-order valence-corrected chi connectivity index (χ2v) is 8.22. The van der Waals surface area contributed by atoms with E-state index in [2.05, 4.69) is 25.6 Å². The number of fused-ring (bicyclic) bond motifs is 1. The number of carbonyl (C=O) groups excluding carboxylic acids is 1. The monoisotopic (exact) mass is 396 g/mol. The van der Waals surface area contributed by atoms with E-state index in [-0.39, 0.29) is 11.9 Å². The molecule has 1 aliphatic carbocycles. The summed E-state index contributed by atoms with van der Waals surface area (Å²) in [5.74, 6) is 1.54. The fourth-order valence-electron chi connectivity index (χ4n) is 3.50. The molecule has 0 bridgehead atoms. The molecule has 0 spiro atoms. The van der Waals surface area contributed by atoms with E-state index in [0.717, 1.165) is 41.7 Å². The lowest BCUT2D eigenvalue weighted by molar-refractivity contribution is 0.0926. The first-order valence-corrected chi connectivity index (χ1v) is 10.4. The molecule has 8 heteroatoms. The summed E-state index contributed by atoms with van der Waals surface area (Å²) >= 11 is 1.55. The van der Waals surface area contributed by atoms with E-state index >= 15 is 0 Å². The van der Waals surface area contributed by atoms with Crippen LogP contribution in [0, 0.1) is 0 Å². The minimum atomic E-state index is -0.00581. The van der Waals surface area contributed by atoms with Crippen molar-refractivity contribution in [3.05, 3.63) is 41.5 Å². The average molecular weight is 397 g/mol. The Hall–Kier alpha value is -2.74. The van der Waals surface area contributed by atoms with E-state index in [1.54, 1.807) is 23.0 Å². The maximum Gasteiger partial charge on any atom is 0.251 e. The van der Waals surface area contributed by atoms with Crippen molar-refractivity contribution in [3.8, 4) is 0 Å². The molecule has 0 radical (unpaired) electrons. The smallest absolute Gasteiger partial charge is 0.251 e. The lowest BCUT2D eigenvalue weighted by Crippen LogP contribution is -2.40. The summed E-state index contributed by atoms with van der Waals surface area (Å²) in [5, 5.41) is 6.61. The summed E-state index contributed by atoms with van der Waals surface area (Å²) in [6.07, 6.45) is 5.62. The highest BCUT2D eigenvalue weighted by molar-refractivity contribution is 7.16. The summed E-state index contributed by atoms with van der Waals surface area (Å²) in [5.41, 5.74) is 3.44. The zero-order chi connectivity index (χ0) is 19.5. The number of thiazole rings is 1. The third-order valence-electron chi connectivity index (χ3n) is 5.09. The lowest BCUT2D eigenvalue weighted by atomic mass is 9.91. The van der Waals surface area contributed by atoms with Crippen molar-refractivity contribution in [2.75, 3.05) is 24.3 Å². The Morgan fingerprint density at radius 2 is 1.89 bits per heavy atom. The molecule has 1 saturated carbocycles. The van der Waals surface area contributed by atoms with Crippen LogP contribution in [0.3, 0.4) is 0 Å². The van der Waals surface area contributed by atoms with Crippen molar-refractivity contribution in [1.82, 2.24) is 20.3 Å². The van der Waals surface area contributed by atoms with Gasteiger partial charge in [0.1, 0.15) is 5.82 Å². The number of nitrogens with zero attached hydrogens (tertiary/aromatic N) is 4. The van der Waals surface area contributed by atoms with Gasteiger partial charge in [-0.15, -0.1) is 11.3 Å². The zero-order valence-electron chi connectivity index (χ0n) is 16.1. The number of nitrogens with one attached hydrogen (secondary N) is 2. The number of hydrogen-bond acceptors (Lipinski definition) is 7. The Balaban J connectivity index is 1.30. The normalized spacial score (nSPS) is 19.4. The van der Waals surface area contributed by atoms with E-state index in [1.165, 1.54) is 0 Å². The third-order valence-corrected chi connectivity index (χ3v) is 5.88. The van der Waals surface area contributed by atoms with E-state index < -0.39 is 0 Å². The van der Waals surface area contributed by atoms with E-state index in [9.17, 15) is 4.79 Å². The molecule has 2 N–H and O–H groups in total. The number of benzene rings is 1. The molecule has 0 saturated heterocycles. The van der Waals surface area contributed by atoms with Crippen LogP contribution in [0.25, 0.3) is 10.2 Å². The van der Waals surface area contributed by atoms with Gasteiger partial charge in [-0.25, -0.2) is 9.97 Å². The number of anilines is 2.